The molecular formula is C21H33N3O. The zero-order valence-corrected chi connectivity index (χ0v) is 15.7. The molecule has 2 aliphatic heterocycles. The van der Waals surface area contributed by atoms with Gasteiger partial charge in [0.1, 0.15) is 12.4 Å². The molecule has 4 nitrogen and oxygen atoms in total. The second-order valence-electron chi connectivity index (χ2n) is 8.03. The average Bonchev–Trinajstić information content (AvgIpc) is 3.27. The summed E-state index contributed by atoms with van der Waals surface area (Å²) in [6.45, 7) is 12.4. The molecule has 25 heavy (non-hydrogen) atoms. The third kappa shape index (κ3) is 4.36. The van der Waals surface area contributed by atoms with E-state index in [0.29, 0.717) is 0 Å². The Kier molecular flexibility index (Phi) is 5.59. The molecule has 0 amide bonds. The van der Waals surface area contributed by atoms with Gasteiger partial charge in [0.15, 0.2) is 0 Å². The molecule has 1 aromatic rings. The topological polar surface area (TPSA) is 19.0 Å². The highest BCUT2D eigenvalue weighted by Crippen LogP contribution is 2.38. The number of fused-ring (bicyclic) bond motifs is 2. The highest BCUT2D eigenvalue weighted by Gasteiger charge is 2.37. The van der Waals surface area contributed by atoms with Gasteiger partial charge in [-0.15, -0.1) is 0 Å². The summed E-state index contributed by atoms with van der Waals surface area (Å²) in [5.41, 5.74) is 1.43. The molecule has 0 radical (unpaired) electrons. The molecule has 4 heteroatoms. The Morgan fingerprint density at radius 2 is 1.76 bits per heavy atom. The zero-order chi connectivity index (χ0) is 17.1. The van der Waals surface area contributed by atoms with Crippen LogP contribution in [0.15, 0.2) is 24.3 Å². The molecule has 0 aromatic heterocycles. The number of likely N-dealkylation sites (N-methyl/N-ethyl adjacent to an activating group) is 1. The van der Waals surface area contributed by atoms with Crippen LogP contribution in [0.5, 0.6) is 5.75 Å². The van der Waals surface area contributed by atoms with Crippen molar-refractivity contribution in [2.75, 3.05) is 52.4 Å². The second-order valence-corrected chi connectivity index (χ2v) is 8.03. The first kappa shape index (κ1) is 17.3. The minimum absolute atomic E-state index is 0.793. The number of rotatable bonds is 7. The van der Waals surface area contributed by atoms with Crippen LogP contribution in [0.3, 0.4) is 0 Å². The number of hydrogen-bond acceptors (Lipinski definition) is 4. The third-order valence-corrected chi connectivity index (χ3v) is 6.42. The van der Waals surface area contributed by atoms with E-state index < -0.39 is 0 Å². The van der Waals surface area contributed by atoms with Crippen molar-refractivity contribution in [2.45, 2.75) is 38.8 Å². The third-order valence-electron chi connectivity index (χ3n) is 6.42. The lowest BCUT2D eigenvalue weighted by molar-refractivity contribution is 0.121. The molecule has 0 N–H and O–H groups in total. The SMILES string of the molecule is CCN1CCN(CCOc2ccc(CN3C[C@H]4CC[C@H]3C4)cc2)CC1. The molecule has 138 valence electrons. The fourth-order valence-corrected chi connectivity index (χ4v) is 4.77. The number of piperidine rings is 1. The van der Waals surface area contributed by atoms with Gasteiger partial charge < -0.3 is 9.64 Å². The minimum atomic E-state index is 0.793. The van der Waals surface area contributed by atoms with Crippen molar-refractivity contribution in [3.05, 3.63) is 29.8 Å². The van der Waals surface area contributed by atoms with Gasteiger partial charge in [-0.2, -0.15) is 0 Å². The Labute approximate surface area is 152 Å². The van der Waals surface area contributed by atoms with E-state index in [1.54, 1.807) is 0 Å². The van der Waals surface area contributed by atoms with E-state index in [0.717, 1.165) is 37.4 Å². The molecule has 2 atom stereocenters. The number of benzene rings is 1. The average molecular weight is 344 g/mol. The highest BCUT2D eigenvalue weighted by atomic mass is 16.5. The van der Waals surface area contributed by atoms with E-state index in [1.807, 2.05) is 0 Å². The Hall–Kier alpha value is -1.10. The molecular weight excluding hydrogens is 310 g/mol. The second kappa shape index (κ2) is 8.07. The van der Waals surface area contributed by atoms with Crippen LogP contribution in [-0.4, -0.2) is 73.2 Å². The molecule has 4 rings (SSSR count). The Morgan fingerprint density at radius 3 is 2.40 bits per heavy atom. The summed E-state index contributed by atoms with van der Waals surface area (Å²) < 4.78 is 5.97. The summed E-state index contributed by atoms with van der Waals surface area (Å²) in [6.07, 6.45) is 4.31. The Bertz CT molecular complexity index is 539. The maximum absolute atomic E-state index is 5.97. The van der Waals surface area contributed by atoms with Gasteiger partial charge in [-0.1, -0.05) is 19.1 Å². The predicted octanol–water partition coefficient (Wildman–Crippen LogP) is 2.69. The molecule has 0 spiro atoms. The lowest BCUT2D eigenvalue weighted by Gasteiger charge is -2.33. The van der Waals surface area contributed by atoms with E-state index in [9.17, 15) is 0 Å². The number of piperazine rings is 1. The van der Waals surface area contributed by atoms with Gasteiger partial charge >= 0.3 is 0 Å². The van der Waals surface area contributed by atoms with Gasteiger partial charge in [-0.05, 0) is 49.4 Å². The maximum Gasteiger partial charge on any atom is 0.119 e. The summed E-state index contributed by atoms with van der Waals surface area (Å²) in [7, 11) is 0. The number of ether oxygens (including phenoxy) is 1. The molecule has 2 saturated heterocycles. The summed E-state index contributed by atoms with van der Waals surface area (Å²) in [6, 6.07) is 9.66. The summed E-state index contributed by atoms with van der Waals surface area (Å²) in [4.78, 5) is 7.71. The van der Waals surface area contributed by atoms with Crippen molar-refractivity contribution in [3.63, 3.8) is 0 Å². The molecule has 1 saturated carbocycles. The van der Waals surface area contributed by atoms with Crippen LogP contribution in [0.1, 0.15) is 31.7 Å². The van der Waals surface area contributed by atoms with E-state index in [4.69, 9.17) is 4.74 Å². The van der Waals surface area contributed by atoms with Crippen LogP contribution in [0.4, 0.5) is 0 Å². The molecule has 3 aliphatic rings. The van der Waals surface area contributed by atoms with Crippen molar-refractivity contribution >= 4 is 0 Å². The van der Waals surface area contributed by atoms with Gasteiger partial charge in [0.2, 0.25) is 0 Å². The minimum Gasteiger partial charge on any atom is -0.492 e. The van der Waals surface area contributed by atoms with Crippen LogP contribution in [0.25, 0.3) is 0 Å². The van der Waals surface area contributed by atoms with E-state index in [1.165, 1.54) is 64.1 Å². The largest absolute Gasteiger partial charge is 0.492 e. The van der Waals surface area contributed by atoms with Crippen molar-refractivity contribution in [2.24, 2.45) is 5.92 Å². The summed E-state index contributed by atoms with van der Waals surface area (Å²) in [5.74, 6) is 1.99. The number of likely N-dealkylation sites (tertiary alicyclic amines) is 1. The maximum atomic E-state index is 5.97. The van der Waals surface area contributed by atoms with Crippen molar-refractivity contribution in [1.82, 2.24) is 14.7 Å². The van der Waals surface area contributed by atoms with Crippen LogP contribution in [-0.2, 0) is 6.54 Å². The number of hydrogen-bond donors (Lipinski definition) is 0. The van der Waals surface area contributed by atoms with Crippen LogP contribution < -0.4 is 4.74 Å². The van der Waals surface area contributed by atoms with Crippen LogP contribution in [0.2, 0.25) is 0 Å². The lowest BCUT2D eigenvalue weighted by Crippen LogP contribution is -2.47. The quantitative estimate of drug-likeness (QED) is 0.758. The molecule has 3 fully saturated rings. The Morgan fingerprint density at radius 1 is 1.00 bits per heavy atom. The Balaban J connectivity index is 1.18. The van der Waals surface area contributed by atoms with Gasteiger partial charge in [-0.3, -0.25) is 9.80 Å². The highest BCUT2D eigenvalue weighted by molar-refractivity contribution is 5.27. The van der Waals surface area contributed by atoms with Crippen molar-refractivity contribution in [1.29, 1.82) is 0 Å². The van der Waals surface area contributed by atoms with E-state index >= 15 is 0 Å². The summed E-state index contributed by atoms with van der Waals surface area (Å²) >= 11 is 0. The first-order chi connectivity index (χ1) is 12.3. The monoisotopic (exact) mass is 343 g/mol. The predicted molar refractivity (Wildman–Crippen MR) is 102 cm³/mol. The smallest absolute Gasteiger partial charge is 0.119 e. The molecule has 1 aromatic carbocycles. The fraction of sp³-hybridized carbons (Fsp3) is 0.714. The van der Waals surface area contributed by atoms with Crippen LogP contribution >= 0.6 is 0 Å². The van der Waals surface area contributed by atoms with Crippen molar-refractivity contribution < 1.29 is 4.74 Å². The van der Waals surface area contributed by atoms with Crippen LogP contribution in [0, 0.1) is 5.92 Å². The molecule has 1 aliphatic carbocycles. The first-order valence-electron chi connectivity index (χ1n) is 10.2. The fourth-order valence-electron chi connectivity index (χ4n) is 4.77. The zero-order valence-electron chi connectivity index (χ0n) is 15.7. The molecule has 2 bridgehead atoms. The standard InChI is InChI=1S/C21H33N3O/c1-2-22-9-11-23(12-10-22)13-14-25-21-7-4-18(5-8-21)16-24-17-19-3-6-20(24)15-19/h4-5,7-8,19-20H,2-3,6,9-17H2,1H3/t19-,20-/m0/s1. The van der Waals surface area contributed by atoms with E-state index in [2.05, 4.69) is 45.9 Å². The number of nitrogens with zero attached hydrogens (tertiary/aromatic N) is 3. The molecule has 0 unspecified atom stereocenters. The first-order valence-corrected chi connectivity index (χ1v) is 10.2. The van der Waals surface area contributed by atoms with E-state index in [-0.39, 0.29) is 0 Å². The lowest BCUT2D eigenvalue weighted by atomic mass is 10.1. The van der Waals surface area contributed by atoms with Gasteiger partial charge in [0.25, 0.3) is 0 Å². The summed E-state index contributed by atoms with van der Waals surface area (Å²) in [5, 5.41) is 0. The van der Waals surface area contributed by atoms with Gasteiger partial charge in [0, 0.05) is 51.9 Å². The van der Waals surface area contributed by atoms with Crippen molar-refractivity contribution in [3.8, 4) is 5.75 Å². The van der Waals surface area contributed by atoms with Gasteiger partial charge in [0.05, 0.1) is 0 Å². The van der Waals surface area contributed by atoms with Gasteiger partial charge in [-0.25, -0.2) is 0 Å². The molecule has 2 heterocycles. The normalized spacial score (nSPS) is 27.9.